The Bertz CT molecular complexity index is 508. The Hall–Kier alpha value is -1.88. The van der Waals surface area contributed by atoms with Gasteiger partial charge in [-0.3, -0.25) is 9.59 Å². The van der Waals surface area contributed by atoms with Gasteiger partial charge in [0.05, 0.1) is 5.92 Å². The number of nitrogens with zero attached hydrogens (tertiary/aromatic N) is 1. The van der Waals surface area contributed by atoms with Crippen molar-refractivity contribution in [2.45, 2.75) is 12.8 Å². The van der Waals surface area contributed by atoms with Crippen LogP contribution in [0.15, 0.2) is 24.3 Å². The lowest BCUT2D eigenvalue weighted by Gasteiger charge is -2.12. The number of rotatable bonds is 5. The largest absolute Gasteiger partial charge is 0.355 e. The number of nitrogens with one attached hydrogen (secondary N) is 2. The average Bonchev–Trinajstić information content (AvgIpc) is 3.01. The Balaban J connectivity index is 1.84. The van der Waals surface area contributed by atoms with Crippen molar-refractivity contribution in [1.29, 1.82) is 0 Å². The number of carbonyl (C=O) groups excluding carboxylic acids is 2. The molecular formula is C16H23N3O2. The Kier molecular flexibility index (Phi) is 5.33. The van der Waals surface area contributed by atoms with Crippen molar-refractivity contribution >= 4 is 11.8 Å². The minimum Gasteiger partial charge on any atom is -0.355 e. The maximum atomic E-state index is 11.9. The third-order valence-electron chi connectivity index (χ3n) is 3.72. The molecule has 2 N–H and O–H groups in total. The first-order valence-corrected chi connectivity index (χ1v) is 7.37. The van der Waals surface area contributed by atoms with Crippen LogP contribution in [0.4, 0.5) is 0 Å². The number of benzene rings is 1. The lowest BCUT2D eigenvalue weighted by molar-refractivity contribution is -0.124. The van der Waals surface area contributed by atoms with Crippen LogP contribution in [0, 0.1) is 5.92 Å². The summed E-state index contributed by atoms with van der Waals surface area (Å²) in [5.74, 6) is 0.227. The molecular weight excluding hydrogens is 266 g/mol. The molecule has 114 valence electrons. The van der Waals surface area contributed by atoms with E-state index in [1.54, 1.807) is 19.0 Å². The highest BCUT2D eigenvalue weighted by Crippen LogP contribution is 2.09. The van der Waals surface area contributed by atoms with E-state index in [-0.39, 0.29) is 17.7 Å². The Labute approximate surface area is 125 Å². The van der Waals surface area contributed by atoms with Crippen LogP contribution in [0.1, 0.15) is 22.3 Å². The number of hydrogen-bond acceptors (Lipinski definition) is 3. The minimum absolute atomic E-state index is 0.00193. The lowest BCUT2D eigenvalue weighted by Crippen LogP contribution is -2.33. The SMILES string of the molecule is CN(C)C(=O)c1cccc(CCNC(=O)C2CCNC2)c1. The second-order valence-corrected chi connectivity index (χ2v) is 5.63. The molecule has 0 radical (unpaired) electrons. The van der Waals surface area contributed by atoms with E-state index in [9.17, 15) is 9.59 Å². The van der Waals surface area contributed by atoms with Gasteiger partial charge in [-0.15, -0.1) is 0 Å². The summed E-state index contributed by atoms with van der Waals surface area (Å²) >= 11 is 0. The predicted molar refractivity (Wildman–Crippen MR) is 82.1 cm³/mol. The highest BCUT2D eigenvalue weighted by atomic mass is 16.2. The summed E-state index contributed by atoms with van der Waals surface area (Å²) in [4.78, 5) is 25.4. The number of hydrogen-bond donors (Lipinski definition) is 2. The molecule has 1 atom stereocenters. The van der Waals surface area contributed by atoms with Gasteiger partial charge >= 0.3 is 0 Å². The second kappa shape index (κ2) is 7.22. The van der Waals surface area contributed by atoms with E-state index in [2.05, 4.69) is 10.6 Å². The third kappa shape index (κ3) is 4.29. The van der Waals surface area contributed by atoms with Crippen molar-refractivity contribution < 1.29 is 9.59 Å². The first kappa shape index (κ1) is 15.5. The summed E-state index contributed by atoms with van der Waals surface area (Å²) in [6.45, 7) is 2.31. The number of carbonyl (C=O) groups is 2. The van der Waals surface area contributed by atoms with Gasteiger partial charge in [-0.05, 0) is 37.1 Å². The molecule has 5 nitrogen and oxygen atoms in total. The van der Waals surface area contributed by atoms with Crippen LogP contribution in [0.2, 0.25) is 0 Å². The summed E-state index contributed by atoms with van der Waals surface area (Å²) in [5.41, 5.74) is 1.75. The van der Waals surface area contributed by atoms with Crippen molar-refractivity contribution in [2.75, 3.05) is 33.7 Å². The minimum atomic E-state index is -0.00193. The number of amides is 2. The zero-order chi connectivity index (χ0) is 15.2. The van der Waals surface area contributed by atoms with E-state index < -0.39 is 0 Å². The molecule has 2 rings (SSSR count). The first-order valence-electron chi connectivity index (χ1n) is 7.37. The van der Waals surface area contributed by atoms with Crippen LogP contribution in [0.25, 0.3) is 0 Å². The Morgan fingerprint density at radius 2 is 2.19 bits per heavy atom. The fourth-order valence-electron chi connectivity index (χ4n) is 2.47. The molecule has 1 saturated heterocycles. The van der Waals surface area contributed by atoms with Gasteiger partial charge in [0.15, 0.2) is 0 Å². The van der Waals surface area contributed by atoms with Gasteiger partial charge in [0.2, 0.25) is 5.91 Å². The lowest BCUT2D eigenvalue weighted by atomic mass is 10.1. The van der Waals surface area contributed by atoms with Crippen LogP contribution < -0.4 is 10.6 Å². The zero-order valence-corrected chi connectivity index (χ0v) is 12.7. The van der Waals surface area contributed by atoms with Crippen LogP contribution in [-0.4, -0.2) is 50.4 Å². The van der Waals surface area contributed by atoms with Gasteiger partial charge in [0, 0.05) is 32.7 Å². The fraction of sp³-hybridized carbons (Fsp3) is 0.500. The molecule has 1 heterocycles. The van der Waals surface area contributed by atoms with Gasteiger partial charge < -0.3 is 15.5 Å². The molecule has 1 aromatic carbocycles. The standard InChI is InChI=1S/C16H23N3O2/c1-19(2)16(21)13-5-3-4-12(10-13)6-9-18-15(20)14-7-8-17-11-14/h3-5,10,14,17H,6-9,11H2,1-2H3,(H,18,20). The van der Waals surface area contributed by atoms with Crippen molar-refractivity contribution in [2.24, 2.45) is 5.92 Å². The molecule has 1 aliphatic heterocycles. The molecule has 5 heteroatoms. The Morgan fingerprint density at radius 3 is 2.86 bits per heavy atom. The van der Waals surface area contributed by atoms with Gasteiger partial charge in [-0.2, -0.15) is 0 Å². The van der Waals surface area contributed by atoms with Gasteiger partial charge in [0.25, 0.3) is 5.91 Å². The third-order valence-corrected chi connectivity index (χ3v) is 3.72. The van der Waals surface area contributed by atoms with E-state index in [1.807, 2.05) is 24.3 Å². The summed E-state index contributed by atoms with van der Waals surface area (Å²) in [7, 11) is 3.48. The Morgan fingerprint density at radius 1 is 1.38 bits per heavy atom. The van der Waals surface area contributed by atoms with Crippen LogP contribution in [0.5, 0.6) is 0 Å². The smallest absolute Gasteiger partial charge is 0.253 e. The predicted octanol–water partition coefficient (Wildman–Crippen LogP) is 0.657. The van der Waals surface area contributed by atoms with E-state index >= 15 is 0 Å². The van der Waals surface area contributed by atoms with Crippen LogP contribution >= 0.6 is 0 Å². The van der Waals surface area contributed by atoms with Crippen molar-refractivity contribution in [3.8, 4) is 0 Å². The summed E-state index contributed by atoms with van der Waals surface area (Å²) < 4.78 is 0. The fourth-order valence-corrected chi connectivity index (χ4v) is 2.47. The monoisotopic (exact) mass is 289 g/mol. The van der Waals surface area contributed by atoms with Crippen molar-refractivity contribution in [1.82, 2.24) is 15.5 Å². The highest BCUT2D eigenvalue weighted by Gasteiger charge is 2.21. The summed E-state index contributed by atoms with van der Waals surface area (Å²) in [5, 5.41) is 6.16. The highest BCUT2D eigenvalue weighted by molar-refractivity contribution is 5.94. The van der Waals surface area contributed by atoms with Crippen molar-refractivity contribution in [3.05, 3.63) is 35.4 Å². The molecule has 0 aromatic heterocycles. The summed E-state index contributed by atoms with van der Waals surface area (Å²) in [6, 6.07) is 7.57. The molecule has 0 saturated carbocycles. The molecule has 1 aliphatic rings. The molecule has 1 unspecified atom stereocenters. The molecule has 1 fully saturated rings. The molecule has 0 aliphatic carbocycles. The maximum Gasteiger partial charge on any atom is 0.253 e. The molecule has 0 bridgehead atoms. The van der Waals surface area contributed by atoms with Crippen LogP contribution in [-0.2, 0) is 11.2 Å². The molecule has 21 heavy (non-hydrogen) atoms. The van der Waals surface area contributed by atoms with E-state index in [0.29, 0.717) is 12.1 Å². The molecule has 1 aromatic rings. The summed E-state index contributed by atoms with van der Waals surface area (Å²) in [6.07, 6.45) is 1.65. The molecule has 0 spiro atoms. The quantitative estimate of drug-likeness (QED) is 0.837. The van der Waals surface area contributed by atoms with Gasteiger partial charge in [-0.1, -0.05) is 12.1 Å². The topological polar surface area (TPSA) is 61.4 Å². The van der Waals surface area contributed by atoms with Crippen LogP contribution in [0.3, 0.4) is 0 Å². The van der Waals surface area contributed by atoms with Crippen molar-refractivity contribution in [3.63, 3.8) is 0 Å². The van der Waals surface area contributed by atoms with Gasteiger partial charge in [0.1, 0.15) is 0 Å². The van der Waals surface area contributed by atoms with E-state index in [1.165, 1.54) is 0 Å². The maximum absolute atomic E-state index is 11.9. The molecule has 2 amide bonds. The van der Waals surface area contributed by atoms with E-state index in [4.69, 9.17) is 0 Å². The van der Waals surface area contributed by atoms with E-state index in [0.717, 1.165) is 31.5 Å². The first-order chi connectivity index (χ1) is 10.1. The zero-order valence-electron chi connectivity index (χ0n) is 12.7. The van der Waals surface area contributed by atoms with Gasteiger partial charge in [-0.25, -0.2) is 0 Å². The average molecular weight is 289 g/mol. The second-order valence-electron chi connectivity index (χ2n) is 5.63. The normalized spacial score (nSPS) is 17.5.